The third-order valence-corrected chi connectivity index (χ3v) is 5.12. The lowest BCUT2D eigenvalue weighted by molar-refractivity contribution is 0.682. The zero-order chi connectivity index (χ0) is 18.2. The number of anilines is 2. The van der Waals surface area contributed by atoms with Crippen molar-refractivity contribution >= 4 is 22.7 Å². The minimum atomic E-state index is 0.348. The zero-order valence-electron chi connectivity index (χ0n) is 14.9. The van der Waals surface area contributed by atoms with E-state index in [1.54, 1.807) is 18.7 Å². The standard InChI is InChI=1S/C18H19N9/c1-26(16-9-20-15(8-21-16)14-3-6-24-25-14)12-4-7-27(10-12)18-13-2-5-19-17(13)22-11-23-18/h2-3,5-6,8-9,11-12H,4,7,10H2,1H3,(H,24,25)(H,19,22,23)/t12-/m1/s1. The molecule has 2 N–H and O–H groups in total. The van der Waals surface area contributed by atoms with Gasteiger partial charge in [-0.3, -0.25) is 5.10 Å². The van der Waals surface area contributed by atoms with Crippen LogP contribution >= 0.6 is 0 Å². The Labute approximate surface area is 155 Å². The summed E-state index contributed by atoms with van der Waals surface area (Å²) in [5, 5.41) is 7.92. The molecule has 9 heteroatoms. The fourth-order valence-electron chi connectivity index (χ4n) is 3.59. The second kappa shape index (κ2) is 6.35. The molecule has 0 spiro atoms. The summed E-state index contributed by atoms with van der Waals surface area (Å²) in [5.74, 6) is 1.84. The fourth-order valence-corrected chi connectivity index (χ4v) is 3.59. The van der Waals surface area contributed by atoms with E-state index in [0.29, 0.717) is 6.04 Å². The molecule has 4 aromatic heterocycles. The second-order valence-corrected chi connectivity index (χ2v) is 6.67. The molecule has 27 heavy (non-hydrogen) atoms. The number of nitrogens with zero attached hydrogens (tertiary/aromatic N) is 7. The van der Waals surface area contributed by atoms with E-state index in [4.69, 9.17) is 0 Å². The molecular formula is C18H19N9. The van der Waals surface area contributed by atoms with E-state index in [1.165, 1.54) is 0 Å². The van der Waals surface area contributed by atoms with Crippen molar-refractivity contribution in [2.75, 3.05) is 29.9 Å². The Bertz CT molecular complexity index is 1040. The minimum Gasteiger partial charge on any atom is -0.354 e. The average molecular weight is 361 g/mol. The summed E-state index contributed by atoms with van der Waals surface area (Å²) in [5.41, 5.74) is 2.52. The molecule has 136 valence electrons. The number of aromatic amines is 2. The highest BCUT2D eigenvalue weighted by molar-refractivity contribution is 5.87. The Kier molecular flexibility index (Phi) is 3.70. The number of rotatable bonds is 4. The van der Waals surface area contributed by atoms with Crippen molar-refractivity contribution in [3.8, 4) is 11.4 Å². The number of hydrogen-bond donors (Lipinski definition) is 2. The maximum absolute atomic E-state index is 4.59. The molecule has 5 rings (SSSR count). The van der Waals surface area contributed by atoms with Crippen molar-refractivity contribution in [1.82, 2.24) is 35.1 Å². The van der Waals surface area contributed by atoms with Crippen LogP contribution < -0.4 is 9.80 Å². The summed E-state index contributed by atoms with van der Waals surface area (Å²) in [6.45, 7) is 1.84. The number of nitrogens with one attached hydrogen (secondary N) is 2. The van der Waals surface area contributed by atoms with Crippen LogP contribution in [-0.4, -0.2) is 61.3 Å². The molecule has 0 radical (unpaired) electrons. The zero-order valence-corrected chi connectivity index (χ0v) is 14.9. The highest BCUT2D eigenvalue weighted by Gasteiger charge is 2.28. The summed E-state index contributed by atoms with van der Waals surface area (Å²) in [6.07, 6.45) is 9.85. The molecule has 9 nitrogen and oxygen atoms in total. The number of fused-ring (bicyclic) bond motifs is 1. The molecule has 1 fully saturated rings. The van der Waals surface area contributed by atoms with Crippen molar-refractivity contribution < 1.29 is 0 Å². The first kappa shape index (κ1) is 15.7. The fraction of sp³-hybridized carbons (Fsp3) is 0.278. The van der Waals surface area contributed by atoms with Crippen molar-refractivity contribution in [2.45, 2.75) is 12.5 Å². The van der Waals surface area contributed by atoms with Gasteiger partial charge in [-0.25, -0.2) is 19.9 Å². The van der Waals surface area contributed by atoms with Crippen LogP contribution in [0.2, 0.25) is 0 Å². The summed E-state index contributed by atoms with van der Waals surface area (Å²) in [6, 6.07) is 4.26. The monoisotopic (exact) mass is 361 g/mol. The predicted molar refractivity (Wildman–Crippen MR) is 103 cm³/mol. The number of hydrogen-bond acceptors (Lipinski definition) is 7. The van der Waals surface area contributed by atoms with Crippen molar-refractivity contribution in [2.24, 2.45) is 0 Å². The molecule has 4 aromatic rings. The van der Waals surface area contributed by atoms with E-state index in [2.05, 4.69) is 52.0 Å². The van der Waals surface area contributed by atoms with Gasteiger partial charge >= 0.3 is 0 Å². The van der Waals surface area contributed by atoms with Crippen LogP contribution in [0.15, 0.2) is 43.2 Å². The van der Waals surface area contributed by atoms with Gasteiger partial charge in [-0.15, -0.1) is 0 Å². The van der Waals surface area contributed by atoms with Gasteiger partial charge in [-0.1, -0.05) is 0 Å². The van der Waals surface area contributed by atoms with Gasteiger partial charge in [0.15, 0.2) is 0 Å². The van der Waals surface area contributed by atoms with Crippen molar-refractivity contribution in [3.63, 3.8) is 0 Å². The molecule has 1 aliphatic rings. The van der Waals surface area contributed by atoms with Crippen LogP contribution in [0.3, 0.4) is 0 Å². The van der Waals surface area contributed by atoms with E-state index in [1.807, 2.05) is 24.5 Å². The van der Waals surface area contributed by atoms with E-state index < -0.39 is 0 Å². The number of aromatic nitrogens is 7. The smallest absolute Gasteiger partial charge is 0.147 e. The molecule has 1 aliphatic heterocycles. The van der Waals surface area contributed by atoms with E-state index in [9.17, 15) is 0 Å². The first-order chi connectivity index (χ1) is 13.3. The predicted octanol–water partition coefficient (Wildman–Crippen LogP) is 1.85. The molecule has 0 aliphatic carbocycles. The van der Waals surface area contributed by atoms with Gasteiger partial charge in [0.1, 0.15) is 29.3 Å². The molecule has 0 aromatic carbocycles. The lowest BCUT2D eigenvalue weighted by atomic mass is 10.2. The van der Waals surface area contributed by atoms with Gasteiger partial charge in [-0.05, 0) is 18.6 Å². The van der Waals surface area contributed by atoms with Gasteiger partial charge in [0.2, 0.25) is 0 Å². The van der Waals surface area contributed by atoms with Crippen LogP contribution in [0, 0.1) is 0 Å². The summed E-state index contributed by atoms with van der Waals surface area (Å²) >= 11 is 0. The van der Waals surface area contributed by atoms with E-state index in [0.717, 1.165) is 53.6 Å². The Hall–Kier alpha value is -3.49. The van der Waals surface area contributed by atoms with Crippen LogP contribution in [-0.2, 0) is 0 Å². The third kappa shape index (κ3) is 2.77. The van der Waals surface area contributed by atoms with Gasteiger partial charge in [0.25, 0.3) is 0 Å². The maximum atomic E-state index is 4.59. The first-order valence-corrected chi connectivity index (χ1v) is 8.87. The molecule has 1 atom stereocenters. The van der Waals surface area contributed by atoms with Crippen LogP contribution in [0.5, 0.6) is 0 Å². The Balaban J connectivity index is 1.33. The molecule has 1 saturated heterocycles. The molecule has 0 saturated carbocycles. The highest BCUT2D eigenvalue weighted by atomic mass is 15.3. The van der Waals surface area contributed by atoms with Crippen LogP contribution in [0.1, 0.15) is 6.42 Å². The topological polar surface area (TPSA) is 103 Å². The first-order valence-electron chi connectivity index (χ1n) is 8.87. The lowest BCUT2D eigenvalue weighted by Crippen LogP contribution is -2.35. The Morgan fingerprint density at radius 3 is 2.93 bits per heavy atom. The number of likely N-dealkylation sites (N-methyl/N-ethyl adjacent to an activating group) is 1. The second-order valence-electron chi connectivity index (χ2n) is 6.67. The quantitative estimate of drug-likeness (QED) is 0.572. The van der Waals surface area contributed by atoms with Crippen LogP contribution in [0.4, 0.5) is 11.6 Å². The van der Waals surface area contributed by atoms with E-state index in [-0.39, 0.29) is 0 Å². The van der Waals surface area contributed by atoms with Crippen molar-refractivity contribution in [3.05, 3.63) is 43.2 Å². The maximum Gasteiger partial charge on any atom is 0.147 e. The Morgan fingerprint density at radius 2 is 2.11 bits per heavy atom. The van der Waals surface area contributed by atoms with Gasteiger partial charge < -0.3 is 14.8 Å². The summed E-state index contributed by atoms with van der Waals surface area (Å²) in [7, 11) is 2.07. The van der Waals surface area contributed by atoms with Gasteiger partial charge in [0, 0.05) is 38.6 Å². The van der Waals surface area contributed by atoms with Crippen LogP contribution in [0.25, 0.3) is 22.4 Å². The molecule has 0 bridgehead atoms. The summed E-state index contributed by atoms with van der Waals surface area (Å²) < 4.78 is 0. The highest BCUT2D eigenvalue weighted by Crippen LogP contribution is 2.28. The summed E-state index contributed by atoms with van der Waals surface area (Å²) in [4.78, 5) is 25.5. The van der Waals surface area contributed by atoms with E-state index >= 15 is 0 Å². The minimum absolute atomic E-state index is 0.348. The molecule has 0 unspecified atom stereocenters. The molecule has 0 amide bonds. The number of H-pyrrole nitrogens is 2. The molecule has 5 heterocycles. The largest absolute Gasteiger partial charge is 0.354 e. The lowest BCUT2D eigenvalue weighted by Gasteiger charge is -2.26. The van der Waals surface area contributed by atoms with Crippen molar-refractivity contribution in [1.29, 1.82) is 0 Å². The van der Waals surface area contributed by atoms with Gasteiger partial charge in [-0.2, -0.15) is 5.10 Å². The van der Waals surface area contributed by atoms with Gasteiger partial charge in [0.05, 0.1) is 23.5 Å². The normalized spacial score (nSPS) is 16.9. The average Bonchev–Trinajstić information content (AvgIpc) is 3.48. The molecular weight excluding hydrogens is 342 g/mol. The third-order valence-electron chi connectivity index (χ3n) is 5.12. The SMILES string of the molecule is CN(c1cnc(-c2ccn[nH]2)cn1)[C@@H]1CCN(c2ncnc3[nH]ccc23)C1. The Morgan fingerprint density at radius 1 is 1.15 bits per heavy atom.